The number of amides is 1. The topological polar surface area (TPSA) is 38.3 Å². The van der Waals surface area contributed by atoms with Gasteiger partial charge in [-0.05, 0) is 24.6 Å². The Hall–Kier alpha value is -1.63. The molecule has 0 fully saturated rings. The number of rotatable bonds is 6. The zero-order valence-electron chi connectivity index (χ0n) is 10.9. The summed E-state index contributed by atoms with van der Waals surface area (Å²) in [7, 11) is 0. The fourth-order valence-electron chi connectivity index (χ4n) is 1.56. The predicted molar refractivity (Wildman–Crippen MR) is 64.4 cm³/mol. The summed E-state index contributed by atoms with van der Waals surface area (Å²) in [4.78, 5) is 11.4. The van der Waals surface area contributed by atoms with Crippen molar-refractivity contribution in [3.05, 3.63) is 35.1 Å². The van der Waals surface area contributed by atoms with Gasteiger partial charge in [-0.25, -0.2) is 4.39 Å². The molecule has 0 aliphatic carbocycles. The molecule has 1 aromatic carbocycles. The van der Waals surface area contributed by atoms with Crippen LogP contribution in [0.5, 0.6) is 0 Å². The van der Waals surface area contributed by atoms with Gasteiger partial charge in [-0.2, -0.15) is 13.2 Å². The first-order chi connectivity index (χ1) is 9.34. The molecule has 0 spiro atoms. The van der Waals surface area contributed by atoms with Crippen LogP contribution in [0.15, 0.2) is 18.2 Å². The van der Waals surface area contributed by atoms with Crippen LogP contribution in [0.3, 0.4) is 0 Å². The Kier molecular flexibility index (Phi) is 5.94. The monoisotopic (exact) mass is 293 g/mol. The van der Waals surface area contributed by atoms with Crippen molar-refractivity contribution in [2.24, 2.45) is 0 Å². The third-order valence-electron chi connectivity index (χ3n) is 2.53. The number of benzene rings is 1. The summed E-state index contributed by atoms with van der Waals surface area (Å²) < 4.78 is 55.9. The summed E-state index contributed by atoms with van der Waals surface area (Å²) in [6, 6.07) is 2.36. The van der Waals surface area contributed by atoms with Crippen LogP contribution in [0.1, 0.15) is 24.5 Å². The van der Waals surface area contributed by atoms with Crippen molar-refractivity contribution in [1.29, 1.82) is 0 Å². The van der Waals surface area contributed by atoms with Gasteiger partial charge < -0.3 is 10.1 Å². The van der Waals surface area contributed by atoms with E-state index in [1.165, 1.54) is 0 Å². The highest BCUT2D eigenvalue weighted by Crippen LogP contribution is 2.32. The molecule has 0 aliphatic heterocycles. The van der Waals surface area contributed by atoms with Gasteiger partial charge in [0.1, 0.15) is 5.82 Å². The van der Waals surface area contributed by atoms with Crippen LogP contribution in [-0.2, 0) is 22.3 Å². The zero-order valence-corrected chi connectivity index (χ0v) is 10.9. The molecule has 0 saturated heterocycles. The second kappa shape index (κ2) is 7.23. The van der Waals surface area contributed by atoms with E-state index in [-0.39, 0.29) is 25.1 Å². The number of carbonyl (C=O) groups excluding carboxylic acids is 1. The number of carbonyl (C=O) groups is 1. The maximum atomic E-state index is 12.9. The second-order valence-corrected chi connectivity index (χ2v) is 4.02. The van der Waals surface area contributed by atoms with E-state index < -0.39 is 23.5 Å². The highest BCUT2D eigenvalue weighted by atomic mass is 19.4. The molecule has 0 radical (unpaired) electrons. The molecule has 0 unspecified atom stereocenters. The third kappa shape index (κ3) is 5.16. The van der Waals surface area contributed by atoms with Gasteiger partial charge in [0.25, 0.3) is 0 Å². The lowest BCUT2D eigenvalue weighted by Gasteiger charge is -2.13. The minimum Gasteiger partial charge on any atom is -0.381 e. The van der Waals surface area contributed by atoms with Gasteiger partial charge in [-0.1, -0.05) is 6.07 Å². The number of nitrogens with one attached hydrogen (secondary N) is 1. The molecule has 1 amide bonds. The molecule has 0 aliphatic rings. The summed E-state index contributed by atoms with van der Waals surface area (Å²) in [5.41, 5.74) is -1.26. The maximum Gasteiger partial charge on any atom is 0.416 e. The van der Waals surface area contributed by atoms with Gasteiger partial charge in [0.15, 0.2) is 0 Å². The highest BCUT2D eigenvalue weighted by Gasteiger charge is 2.33. The summed E-state index contributed by atoms with van der Waals surface area (Å²) in [6.07, 6.45) is -4.59. The van der Waals surface area contributed by atoms with E-state index in [1.807, 2.05) is 0 Å². The maximum absolute atomic E-state index is 12.9. The molecule has 20 heavy (non-hydrogen) atoms. The average Bonchev–Trinajstić information content (AvgIpc) is 2.36. The van der Waals surface area contributed by atoms with Crippen molar-refractivity contribution in [2.75, 3.05) is 13.2 Å². The molecule has 3 nitrogen and oxygen atoms in total. The van der Waals surface area contributed by atoms with E-state index >= 15 is 0 Å². The van der Waals surface area contributed by atoms with Crippen molar-refractivity contribution in [3.8, 4) is 0 Å². The summed E-state index contributed by atoms with van der Waals surface area (Å²) >= 11 is 0. The standard InChI is InChI=1S/C13H15F4NO2/c1-2-20-6-5-12(19)18-8-9-3-4-10(14)7-11(9)13(15,16)17/h3-4,7H,2,5-6,8H2,1H3,(H,18,19). The molecule has 112 valence electrons. The van der Waals surface area contributed by atoms with Crippen molar-refractivity contribution in [1.82, 2.24) is 5.32 Å². The molecule has 0 saturated carbocycles. The Bertz CT molecular complexity index is 460. The fourth-order valence-corrected chi connectivity index (χ4v) is 1.56. The first-order valence-corrected chi connectivity index (χ1v) is 6.04. The first kappa shape index (κ1) is 16.4. The van der Waals surface area contributed by atoms with Crippen molar-refractivity contribution in [3.63, 3.8) is 0 Å². The number of hydrogen-bond acceptors (Lipinski definition) is 2. The minimum atomic E-state index is -4.66. The van der Waals surface area contributed by atoms with Gasteiger partial charge >= 0.3 is 6.18 Å². The zero-order chi connectivity index (χ0) is 15.2. The number of hydrogen-bond donors (Lipinski definition) is 1. The van der Waals surface area contributed by atoms with Crippen LogP contribution in [0.2, 0.25) is 0 Å². The number of alkyl halides is 3. The number of halogens is 4. The molecular formula is C13H15F4NO2. The molecular weight excluding hydrogens is 278 g/mol. The number of ether oxygens (including phenoxy) is 1. The molecule has 0 bridgehead atoms. The lowest BCUT2D eigenvalue weighted by Crippen LogP contribution is -2.25. The van der Waals surface area contributed by atoms with Crippen LogP contribution in [0.4, 0.5) is 17.6 Å². The van der Waals surface area contributed by atoms with Crippen LogP contribution in [-0.4, -0.2) is 19.1 Å². The second-order valence-electron chi connectivity index (χ2n) is 4.02. The highest BCUT2D eigenvalue weighted by molar-refractivity contribution is 5.76. The molecule has 0 heterocycles. The first-order valence-electron chi connectivity index (χ1n) is 6.04. The summed E-state index contributed by atoms with van der Waals surface area (Å²) in [5.74, 6) is -1.39. The fraction of sp³-hybridized carbons (Fsp3) is 0.462. The van der Waals surface area contributed by atoms with E-state index in [4.69, 9.17) is 4.74 Å². The Balaban J connectivity index is 2.66. The minimum absolute atomic E-state index is 0.0659. The normalized spacial score (nSPS) is 11.4. The van der Waals surface area contributed by atoms with Crippen LogP contribution < -0.4 is 5.32 Å². The van der Waals surface area contributed by atoms with Crippen LogP contribution in [0.25, 0.3) is 0 Å². The van der Waals surface area contributed by atoms with E-state index in [2.05, 4.69) is 5.32 Å². The van der Waals surface area contributed by atoms with Gasteiger partial charge in [0, 0.05) is 19.6 Å². The quantitative estimate of drug-likeness (QED) is 0.647. The third-order valence-corrected chi connectivity index (χ3v) is 2.53. The molecule has 1 aromatic rings. The Morgan fingerprint density at radius 3 is 2.65 bits per heavy atom. The van der Waals surface area contributed by atoms with E-state index in [1.54, 1.807) is 6.92 Å². The van der Waals surface area contributed by atoms with Crippen LogP contribution in [0, 0.1) is 5.82 Å². The largest absolute Gasteiger partial charge is 0.416 e. The molecule has 0 atom stereocenters. The molecule has 0 aromatic heterocycles. The summed E-state index contributed by atoms with van der Waals surface area (Å²) in [6.45, 7) is 2.13. The van der Waals surface area contributed by atoms with Gasteiger partial charge in [-0.3, -0.25) is 4.79 Å². The predicted octanol–water partition coefficient (Wildman–Crippen LogP) is 2.89. The van der Waals surface area contributed by atoms with Gasteiger partial charge in [-0.15, -0.1) is 0 Å². The van der Waals surface area contributed by atoms with E-state index in [9.17, 15) is 22.4 Å². The Morgan fingerprint density at radius 1 is 1.35 bits per heavy atom. The molecule has 7 heteroatoms. The van der Waals surface area contributed by atoms with Gasteiger partial charge in [0.2, 0.25) is 5.91 Å². The Labute approximate surface area is 113 Å². The average molecular weight is 293 g/mol. The van der Waals surface area contributed by atoms with E-state index in [0.717, 1.165) is 12.1 Å². The van der Waals surface area contributed by atoms with Crippen molar-refractivity contribution in [2.45, 2.75) is 26.1 Å². The van der Waals surface area contributed by atoms with Crippen molar-refractivity contribution < 1.29 is 27.1 Å². The SMILES string of the molecule is CCOCCC(=O)NCc1ccc(F)cc1C(F)(F)F. The summed E-state index contributed by atoms with van der Waals surface area (Å²) in [5, 5.41) is 2.35. The van der Waals surface area contributed by atoms with Crippen molar-refractivity contribution >= 4 is 5.91 Å². The van der Waals surface area contributed by atoms with Gasteiger partial charge in [0.05, 0.1) is 12.2 Å². The smallest absolute Gasteiger partial charge is 0.381 e. The molecule has 1 rings (SSSR count). The van der Waals surface area contributed by atoms with Crippen LogP contribution >= 0.6 is 0 Å². The van der Waals surface area contributed by atoms with E-state index in [0.29, 0.717) is 12.7 Å². The Morgan fingerprint density at radius 2 is 2.05 bits per heavy atom. The lowest BCUT2D eigenvalue weighted by molar-refractivity contribution is -0.138. The molecule has 1 N–H and O–H groups in total. The lowest BCUT2D eigenvalue weighted by atomic mass is 10.1.